The van der Waals surface area contributed by atoms with E-state index in [0.717, 1.165) is 18.2 Å². The third-order valence-electron chi connectivity index (χ3n) is 12.8. The molecule has 1 aromatic heterocycles. The number of rotatable bonds is 14. The number of esters is 1. The fraction of sp³-hybridized carbons (Fsp3) is 0.500. The van der Waals surface area contributed by atoms with Gasteiger partial charge >= 0.3 is 5.97 Å². The number of methoxy groups -OCH3 is 1. The molecule has 4 aliphatic heterocycles. The summed E-state index contributed by atoms with van der Waals surface area (Å²) in [6.45, 7) is 1.35. The van der Waals surface area contributed by atoms with Gasteiger partial charge in [-0.2, -0.15) is 0 Å². The van der Waals surface area contributed by atoms with Gasteiger partial charge in [0.25, 0.3) is 0 Å². The van der Waals surface area contributed by atoms with Gasteiger partial charge in [-0.3, -0.25) is 4.79 Å². The minimum Gasteiger partial charge on any atom is -0.508 e. The molecule has 8 rings (SSSR count). The van der Waals surface area contributed by atoms with Crippen molar-refractivity contribution in [3.63, 3.8) is 0 Å². The normalized spacial score (nSPS) is 35.6. The summed E-state index contributed by atoms with van der Waals surface area (Å²) in [6.07, 6.45) is -31.6. The Morgan fingerprint density at radius 1 is 0.662 bits per heavy atom. The number of carbonyl (C=O) groups is 1. The Labute approximate surface area is 418 Å². The molecule has 0 aliphatic carbocycles. The predicted molar refractivity (Wildman–Crippen MR) is 244 cm³/mol. The fourth-order valence-corrected chi connectivity index (χ4v) is 8.66. The number of aromatic hydroxyl groups is 4. The van der Waals surface area contributed by atoms with Crippen LogP contribution in [0.25, 0.3) is 28.4 Å². The van der Waals surface area contributed by atoms with E-state index >= 15 is 0 Å². The van der Waals surface area contributed by atoms with Crippen LogP contribution in [0, 0.1) is 0 Å². The third kappa shape index (κ3) is 11.3. The lowest BCUT2D eigenvalue weighted by Gasteiger charge is -2.47. The second-order valence-corrected chi connectivity index (χ2v) is 17.9. The van der Waals surface area contributed by atoms with E-state index in [0.29, 0.717) is 5.56 Å². The molecule has 4 saturated heterocycles. The number of fused-ring (bicyclic) bond motifs is 1. The van der Waals surface area contributed by atoms with Crippen LogP contribution < -0.4 is 14.9 Å². The van der Waals surface area contributed by atoms with Crippen LogP contribution in [0.1, 0.15) is 19.4 Å². The van der Waals surface area contributed by atoms with Gasteiger partial charge in [-0.05, 0) is 61.9 Å². The molecule has 0 saturated carbocycles. The van der Waals surface area contributed by atoms with Crippen LogP contribution in [-0.4, -0.2) is 209 Å². The lowest BCUT2D eigenvalue weighted by molar-refractivity contribution is -0.365. The van der Waals surface area contributed by atoms with Gasteiger partial charge in [0.2, 0.25) is 17.5 Å². The SMILES string of the molecule is COc1cc(/C=C/C(=O)O[C@@H]2[C@H](O)[C@@H](O[C@@H]3O[C@@H](C)[C@H](O)[C@@H](O)[C@H]3O)[C@H](Oc3c(-c4ccc(O)cc4)oc4cc(O)cc(O)c4c3=O)O[C@@H]2CO[C@@H]2O[C@@H](C)[C@H](O)[C@@H](O[C@@H]3OC[C@@H](O)[C@H](O)[C@H]3O)[C@H]2O)ccc1O. The Balaban J connectivity index is 1.18. The number of hydrogen-bond donors (Lipinski definition) is 13. The Kier molecular flexibility index (Phi) is 16.6. The zero-order valence-electron chi connectivity index (χ0n) is 39.4. The molecular weight excluding hydrogens is 993 g/mol. The smallest absolute Gasteiger partial charge is 0.331 e. The first-order valence-electron chi connectivity index (χ1n) is 23.0. The first-order chi connectivity index (χ1) is 35.1. The molecule has 4 aliphatic rings. The first-order valence-corrected chi connectivity index (χ1v) is 23.0. The number of phenolic OH excluding ortho intramolecular Hbond substituents is 4. The standard InChI is InChI=1S/C48H56O26/c1-17-31(55)35(59)37(61)47(68-17)74-44-38(62)41(71-29(54)11-5-19-4-10-23(51)26(12-19)64-3)28(16-66-46-39(63)42(32(56)18(2)67-46)72-45-36(60)33(57)25(53)15-65-45)70-48(44)73-43-34(58)30-24(52)13-22(50)14-27(30)69-40(43)20-6-8-21(49)9-7-20/h4-14,17-18,25,28,31-33,35-39,41-42,44-53,55-57,59-63H,15-16H2,1-3H3/b11-5+/t17-,18-,25+,28+,31-,32-,33-,35+,36+,37+,38-,39+,41-,42+,44+,45-,46+,47-,48-/m0/s1. The van der Waals surface area contributed by atoms with Crippen molar-refractivity contribution in [3.8, 4) is 45.8 Å². The minimum atomic E-state index is -2.20. The molecule has 0 spiro atoms. The summed E-state index contributed by atoms with van der Waals surface area (Å²) in [7, 11) is 1.30. The average Bonchev–Trinajstić information content (AvgIpc) is 3.36. The summed E-state index contributed by atoms with van der Waals surface area (Å²) >= 11 is 0. The van der Waals surface area contributed by atoms with Gasteiger partial charge in [0, 0.05) is 23.8 Å². The van der Waals surface area contributed by atoms with Crippen molar-refractivity contribution < 1.29 is 123 Å². The van der Waals surface area contributed by atoms with Crippen molar-refractivity contribution in [1.29, 1.82) is 0 Å². The Morgan fingerprint density at radius 2 is 1.34 bits per heavy atom. The molecule has 4 fully saturated rings. The van der Waals surface area contributed by atoms with Crippen LogP contribution in [0.15, 0.2) is 69.9 Å². The molecule has 26 nitrogen and oxygen atoms in total. The van der Waals surface area contributed by atoms with Gasteiger partial charge in [0.05, 0.1) is 32.5 Å². The monoisotopic (exact) mass is 1050 g/mol. The summed E-state index contributed by atoms with van der Waals surface area (Å²) in [4.78, 5) is 28.3. The third-order valence-corrected chi connectivity index (χ3v) is 12.8. The van der Waals surface area contributed by atoms with Gasteiger partial charge < -0.3 is 118 Å². The quantitative estimate of drug-likeness (QED) is 0.0475. The van der Waals surface area contributed by atoms with Gasteiger partial charge in [0.15, 0.2) is 48.3 Å². The lowest BCUT2D eigenvalue weighted by Crippen LogP contribution is -2.66. The topological polar surface area (TPSA) is 403 Å². The number of phenols is 4. The van der Waals surface area contributed by atoms with Crippen molar-refractivity contribution in [2.45, 2.75) is 131 Å². The van der Waals surface area contributed by atoms with E-state index in [2.05, 4.69) is 0 Å². The maximum absolute atomic E-state index is 14.5. The molecular formula is C48H56O26. The molecule has 404 valence electrons. The summed E-state index contributed by atoms with van der Waals surface area (Å²) in [5, 5.41) is 139. The van der Waals surface area contributed by atoms with E-state index in [4.69, 9.17) is 51.8 Å². The Morgan fingerprint density at radius 3 is 2.05 bits per heavy atom. The van der Waals surface area contributed by atoms with Crippen LogP contribution in [-0.2, 0) is 42.7 Å². The number of hydrogen-bond acceptors (Lipinski definition) is 26. The molecule has 13 N–H and O–H groups in total. The number of ether oxygens (including phenoxy) is 10. The van der Waals surface area contributed by atoms with Gasteiger partial charge in [0.1, 0.15) is 95.4 Å². The molecule has 0 bridgehead atoms. The van der Waals surface area contributed by atoms with Crippen molar-refractivity contribution in [1.82, 2.24) is 0 Å². The van der Waals surface area contributed by atoms with Gasteiger partial charge in [-0.1, -0.05) is 6.07 Å². The Hall–Kier alpha value is -5.76. The number of aliphatic hydroxyl groups excluding tert-OH is 9. The van der Waals surface area contributed by atoms with Crippen molar-refractivity contribution in [3.05, 3.63) is 76.5 Å². The molecule has 74 heavy (non-hydrogen) atoms. The molecule has 26 heteroatoms. The maximum Gasteiger partial charge on any atom is 0.331 e. The van der Waals surface area contributed by atoms with Crippen LogP contribution in [0.3, 0.4) is 0 Å². The summed E-state index contributed by atoms with van der Waals surface area (Å²) in [5.74, 6) is -3.95. The first kappa shape index (κ1) is 54.5. The highest BCUT2D eigenvalue weighted by atomic mass is 16.8. The molecule has 5 heterocycles. The van der Waals surface area contributed by atoms with Crippen molar-refractivity contribution in [2.24, 2.45) is 0 Å². The van der Waals surface area contributed by atoms with Gasteiger partial charge in [-0.25, -0.2) is 4.79 Å². The molecule has 0 unspecified atom stereocenters. The van der Waals surface area contributed by atoms with Crippen LogP contribution >= 0.6 is 0 Å². The van der Waals surface area contributed by atoms with E-state index < -0.39 is 170 Å². The molecule has 0 amide bonds. The van der Waals surface area contributed by atoms with Crippen LogP contribution in [0.5, 0.6) is 34.5 Å². The molecule has 3 aromatic carbocycles. The highest BCUT2D eigenvalue weighted by Crippen LogP contribution is 2.40. The van der Waals surface area contributed by atoms with Crippen LogP contribution in [0.4, 0.5) is 0 Å². The fourth-order valence-electron chi connectivity index (χ4n) is 8.66. The number of benzene rings is 3. The Bertz CT molecular complexity index is 2680. The molecule has 0 radical (unpaired) electrons. The average molecular weight is 1050 g/mol. The maximum atomic E-state index is 14.5. The van der Waals surface area contributed by atoms with E-state index in [-0.39, 0.29) is 28.4 Å². The largest absolute Gasteiger partial charge is 0.508 e. The second kappa shape index (κ2) is 22.6. The zero-order chi connectivity index (χ0) is 53.4. The second-order valence-electron chi connectivity index (χ2n) is 17.9. The van der Waals surface area contributed by atoms with Crippen LogP contribution in [0.2, 0.25) is 0 Å². The summed E-state index contributed by atoms with van der Waals surface area (Å²) in [6, 6.07) is 11.0. The number of aliphatic hydroxyl groups is 9. The highest BCUT2D eigenvalue weighted by molar-refractivity contribution is 5.88. The van der Waals surface area contributed by atoms with Gasteiger partial charge in [-0.15, -0.1) is 0 Å². The van der Waals surface area contributed by atoms with E-state index in [1.54, 1.807) is 0 Å². The van der Waals surface area contributed by atoms with E-state index in [1.165, 1.54) is 69.5 Å². The lowest BCUT2D eigenvalue weighted by atomic mass is 9.97. The van der Waals surface area contributed by atoms with Crippen molar-refractivity contribution in [2.75, 3.05) is 20.3 Å². The molecule has 4 aromatic rings. The van der Waals surface area contributed by atoms with Crippen molar-refractivity contribution >= 4 is 23.0 Å². The summed E-state index contributed by atoms with van der Waals surface area (Å²) in [5.41, 5.74) is -1.06. The highest BCUT2D eigenvalue weighted by Gasteiger charge is 2.55. The molecule has 19 atom stereocenters. The zero-order valence-corrected chi connectivity index (χ0v) is 39.4. The van der Waals surface area contributed by atoms with E-state index in [9.17, 15) is 76.0 Å². The number of carbonyl (C=O) groups excluding carboxylic acids is 1. The summed E-state index contributed by atoms with van der Waals surface area (Å²) < 4.78 is 64.1. The van der Waals surface area contributed by atoms with E-state index in [1.807, 2.05) is 0 Å². The predicted octanol–water partition coefficient (Wildman–Crippen LogP) is -2.10. The minimum absolute atomic E-state index is 0.0572.